The largest absolute Gasteiger partial charge is 0.394 e. The summed E-state index contributed by atoms with van der Waals surface area (Å²) in [4.78, 5) is 0. The molecule has 0 radical (unpaired) electrons. The Labute approximate surface area is 88.2 Å². The summed E-state index contributed by atoms with van der Waals surface area (Å²) < 4.78 is 5.29. The van der Waals surface area contributed by atoms with E-state index in [1.807, 2.05) is 0 Å². The van der Waals surface area contributed by atoms with Crippen molar-refractivity contribution in [1.29, 1.82) is 5.41 Å². The Bertz CT molecular complexity index is 267. The van der Waals surface area contributed by atoms with Crippen molar-refractivity contribution in [2.24, 2.45) is 5.73 Å². The van der Waals surface area contributed by atoms with Crippen LogP contribution in [0.25, 0.3) is 0 Å². The monoisotopic (exact) mass is 215 g/mol. The first-order chi connectivity index (χ1) is 7.04. The van der Waals surface area contributed by atoms with Gasteiger partial charge in [-0.25, -0.2) is 0 Å². The molecule has 0 aliphatic carbocycles. The van der Waals surface area contributed by atoms with Gasteiger partial charge in [-0.15, -0.1) is 0 Å². The highest BCUT2D eigenvalue weighted by Crippen LogP contribution is 2.18. The van der Waals surface area contributed by atoms with Crippen LogP contribution in [-0.4, -0.2) is 41.1 Å². The maximum Gasteiger partial charge on any atom is 0.130 e. The molecule has 0 spiro atoms. The second-order valence-corrected chi connectivity index (χ2v) is 3.56. The minimum atomic E-state index is -0.654. The molecule has 0 saturated carbocycles. The summed E-state index contributed by atoms with van der Waals surface area (Å²) >= 11 is 0. The zero-order valence-corrected chi connectivity index (χ0v) is 8.60. The molecule has 1 aliphatic heterocycles. The van der Waals surface area contributed by atoms with Crippen LogP contribution in [0.2, 0.25) is 0 Å². The van der Waals surface area contributed by atoms with Crippen molar-refractivity contribution >= 4 is 5.84 Å². The number of amidine groups is 1. The van der Waals surface area contributed by atoms with Gasteiger partial charge in [0.15, 0.2) is 0 Å². The Morgan fingerprint density at radius 1 is 1.73 bits per heavy atom. The third kappa shape index (κ3) is 3.19. The molecular formula is C9H17N3O3. The molecular weight excluding hydrogens is 198 g/mol. The summed E-state index contributed by atoms with van der Waals surface area (Å²) in [5.74, 6) is -0.0141. The van der Waals surface area contributed by atoms with Crippen LogP contribution < -0.4 is 11.1 Å². The molecule has 1 aliphatic rings. The van der Waals surface area contributed by atoms with E-state index < -0.39 is 12.2 Å². The van der Waals surface area contributed by atoms with Crippen molar-refractivity contribution in [3.8, 4) is 0 Å². The summed E-state index contributed by atoms with van der Waals surface area (Å²) in [7, 11) is 0. The van der Waals surface area contributed by atoms with Gasteiger partial charge < -0.3 is 26.0 Å². The van der Waals surface area contributed by atoms with E-state index in [4.69, 9.17) is 21.0 Å². The van der Waals surface area contributed by atoms with Crippen molar-refractivity contribution in [2.45, 2.75) is 31.8 Å². The normalized spacial score (nSPS) is 31.7. The molecule has 1 heterocycles. The molecule has 86 valence electrons. The van der Waals surface area contributed by atoms with Gasteiger partial charge in [0.2, 0.25) is 0 Å². The van der Waals surface area contributed by atoms with Gasteiger partial charge in [-0.3, -0.25) is 5.41 Å². The maximum absolute atomic E-state index is 9.42. The summed E-state index contributed by atoms with van der Waals surface area (Å²) in [5, 5.41) is 28.3. The quantitative estimate of drug-likeness (QED) is 0.301. The van der Waals surface area contributed by atoms with E-state index in [1.165, 1.54) is 0 Å². The highest BCUT2D eigenvalue weighted by molar-refractivity contribution is 5.93. The highest BCUT2D eigenvalue weighted by atomic mass is 16.5. The number of aliphatic hydroxyl groups is 2. The lowest BCUT2D eigenvalue weighted by molar-refractivity contribution is -0.0270. The number of hydrogen-bond donors (Lipinski definition) is 5. The summed E-state index contributed by atoms with van der Waals surface area (Å²) in [6.45, 7) is 1.50. The number of nitrogens with one attached hydrogen (secondary N) is 2. The molecule has 3 atom stereocenters. The molecule has 6 heteroatoms. The van der Waals surface area contributed by atoms with E-state index in [0.717, 1.165) is 0 Å². The van der Waals surface area contributed by atoms with E-state index in [9.17, 15) is 5.11 Å². The predicted molar refractivity (Wildman–Crippen MR) is 55.2 cm³/mol. The minimum Gasteiger partial charge on any atom is -0.394 e. The van der Waals surface area contributed by atoms with E-state index in [2.05, 4.69) is 5.32 Å². The van der Waals surface area contributed by atoms with Gasteiger partial charge in [-0.2, -0.15) is 0 Å². The molecule has 15 heavy (non-hydrogen) atoms. The first kappa shape index (κ1) is 12.0. The number of aliphatic hydroxyl groups excluding tert-OH is 2. The van der Waals surface area contributed by atoms with Crippen LogP contribution in [0.5, 0.6) is 0 Å². The fourth-order valence-corrected chi connectivity index (χ4v) is 1.30. The van der Waals surface area contributed by atoms with Crippen molar-refractivity contribution < 1.29 is 14.9 Å². The van der Waals surface area contributed by atoms with Crippen molar-refractivity contribution in [1.82, 2.24) is 5.32 Å². The maximum atomic E-state index is 9.42. The average molecular weight is 215 g/mol. The van der Waals surface area contributed by atoms with E-state index >= 15 is 0 Å². The van der Waals surface area contributed by atoms with Crippen LogP contribution in [0.3, 0.4) is 0 Å². The fourth-order valence-electron chi connectivity index (χ4n) is 1.30. The molecule has 0 aromatic rings. The number of rotatable bonds is 4. The van der Waals surface area contributed by atoms with Crippen molar-refractivity contribution in [3.63, 3.8) is 0 Å². The molecule has 1 saturated heterocycles. The first-order valence-electron chi connectivity index (χ1n) is 4.76. The molecule has 0 aromatic heterocycles. The Morgan fingerprint density at radius 2 is 2.40 bits per heavy atom. The van der Waals surface area contributed by atoms with Gasteiger partial charge in [-0.05, 0) is 6.92 Å². The van der Waals surface area contributed by atoms with Gasteiger partial charge in [0.1, 0.15) is 18.2 Å². The Hall–Kier alpha value is -1.11. The van der Waals surface area contributed by atoms with Crippen molar-refractivity contribution in [3.05, 3.63) is 11.8 Å². The molecule has 6 N–H and O–H groups in total. The molecule has 6 nitrogen and oxygen atoms in total. The van der Waals surface area contributed by atoms with E-state index in [-0.39, 0.29) is 18.7 Å². The number of nitrogens with two attached hydrogens (primary N) is 1. The fraction of sp³-hybridized carbons (Fsp3) is 0.667. The van der Waals surface area contributed by atoms with Gasteiger partial charge in [0.05, 0.1) is 12.7 Å². The first-order valence-corrected chi connectivity index (χ1v) is 4.76. The van der Waals surface area contributed by atoms with E-state index in [0.29, 0.717) is 12.0 Å². The third-order valence-corrected chi connectivity index (χ3v) is 2.31. The molecule has 0 amide bonds. The zero-order chi connectivity index (χ0) is 11.4. The average Bonchev–Trinajstić information content (AvgIpc) is 2.55. The summed E-state index contributed by atoms with van der Waals surface area (Å²) in [6.07, 6.45) is 0.449. The lowest BCUT2D eigenvalue weighted by Gasteiger charge is -2.12. The van der Waals surface area contributed by atoms with Gasteiger partial charge in [-0.1, -0.05) is 0 Å². The van der Waals surface area contributed by atoms with Gasteiger partial charge in [0.25, 0.3) is 0 Å². The van der Waals surface area contributed by atoms with Crippen LogP contribution >= 0.6 is 0 Å². The molecule has 1 fully saturated rings. The Balaban J connectivity index is 2.42. The van der Waals surface area contributed by atoms with Crippen LogP contribution in [0, 0.1) is 5.41 Å². The number of ether oxygens (including phenoxy) is 1. The van der Waals surface area contributed by atoms with E-state index in [1.54, 1.807) is 13.1 Å². The lowest BCUT2D eigenvalue weighted by Crippen LogP contribution is -2.27. The molecule has 0 aromatic carbocycles. The molecule has 0 bridgehead atoms. The second kappa shape index (κ2) is 5.11. The summed E-state index contributed by atoms with van der Waals surface area (Å²) in [6, 6.07) is 0. The number of hydrogen-bond acceptors (Lipinski definition) is 5. The van der Waals surface area contributed by atoms with Crippen LogP contribution in [0.4, 0.5) is 0 Å². The molecule has 1 rings (SSSR count). The van der Waals surface area contributed by atoms with Gasteiger partial charge in [0, 0.05) is 18.2 Å². The SMILES string of the molecule is C/C(=C/N[C@H]1C[C@@H](O)[C@@H](CO)O1)C(=N)N. The predicted octanol–water partition coefficient (Wildman–Crippen LogP) is -1.12. The van der Waals surface area contributed by atoms with Crippen LogP contribution in [0.15, 0.2) is 11.8 Å². The standard InChI is InChI=1S/C9H17N3O3/c1-5(9(10)11)3-12-8-2-6(14)7(4-13)15-8/h3,6-8,12-14H,2,4H2,1H3,(H3,10,11)/b5-3-/t6-,7-,8-/m1/s1. The molecule has 0 unspecified atom stereocenters. The smallest absolute Gasteiger partial charge is 0.130 e. The highest BCUT2D eigenvalue weighted by Gasteiger charge is 2.32. The van der Waals surface area contributed by atoms with Crippen LogP contribution in [0.1, 0.15) is 13.3 Å². The van der Waals surface area contributed by atoms with Crippen LogP contribution in [-0.2, 0) is 4.74 Å². The topological polar surface area (TPSA) is 112 Å². The lowest BCUT2D eigenvalue weighted by atomic mass is 10.2. The Kier molecular flexibility index (Phi) is 4.07. The zero-order valence-electron chi connectivity index (χ0n) is 8.60. The summed E-state index contributed by atoms with van der Waals surface area (Å²) in [5.41, 5.74) is 5.84. The van der Waals surface area contributed by atoms with Gasteiger partial charge >= 0.3 is 0 Å². The second-order valence-electron chi connectivity index (χ2n) is 3.56. The minimum absolute atomic E-state index is 0.0141. The third-order valence-electron chi connectivity index (χ3n) is 2.31. The van der Waals surface area contributed by atoms with Crippen molar-refractivity contribution in [2.75, 3.05) is 6.61 Å². The Morgan fingerprint density at radius 3 is 2.87 bits per heavy atom.